The van der Waals surface area contributed by atoms with Crippen LogP contribution in [0.5, 0.6) is 0 Å². The lowest BCUT2D eigenvalue weighted by atomic mass is 10.1. The summed E-state index contributed by atoms with van der Waals surface area (Å²) in [5, 5.41) is 3.23. The Labute approximate surface area is 112 Å². The Morgan fingerprint density at radius 1 is 0.944 bits per heavy atom. The van der Waals surface area contributed by atoms with Crippen LogP contribution >= 0.6 is 11.6 Å². The fraction of sp³-hybridized carbons (Fsp3) is 0.200. The number of hydrogen-bond acceptors (Lipinski definition) is 1. The molecule has 0 aliphatic carbocycles. The lowest BCUT2D eigenvalue weighted by Gasteiger charge is -2.07. The number of benzene rings is 2. The highest BCUT2D eigenvalue weighted by Crippen LogP contribution is 2.09. The highest BCUT2D eigenvalue weighted by molar-refractivity contribution is 6.17. The van der Waals surface area contributed by atoms with E-state index in [2.05, 4.69) is 11.4 Å². The van der Waals surface area contributed by atoms with Gasteiger partial charge in [-0.1, -0.05) is 42.5 Å². The van der Waals surface area contributed by atoms with Crippen molar-refractivity contribution in [2.24, 2.45) is 0 Å². The minimum atomic E-state index is -0.167. The fourth-order valence-electron chi connectivity index (χ4n) is 1.81. The molecule has 0 aliphatic rings. The molecule has 2 rings (SSSR count). The molecule has 0 saturated heterocycles. The van der Waals surface area contributed by atoms with Gasteiger partial charge in [0, 0.05) is 24.5 Å². The molecule has 0 saturated carbocycles. The predicted molar refractivity (Wildman–Crippen MR) is 72.9 cm³/mol. The fourth-order valence-corrected chi connectivity index (χ4v) is 1.97. The van der Waals surface area contributed by atoms with Gasteiger partial charge in [-0.25, -0.2) is 4.39 Å². The molecule has 0 fully saturated rings. The highest BCUT2D eigenvalue weighted by atomic mass is 35.5. The average Bonchev–Trinajstić information content (AvgIpc) is 2.41. The third-order valence-electron chi connectivity index (χ3n) is 2.75. The van der Waals surface area contributed by atoms with Crippen molar-refractivity contribution in [3.8, 4) is 0 Å². The van der Waals surface area contributed by atoms with Crippen LogP contribution in [0.3, 0.4) is 0 Å². The molecule has 2 aromatic carbocycles. The first-order valence-corrected chi connectivity index (χ1v) is 6.41. The SMILES string of the molecule is Fc1ccccc1CNCc1cccc(CCl)c1. The predicted octanol–water partition coefficient (Wildman–Crippen LogP) is 3.85. The second-order valence-corrected chi connectivity index (χ2v) is 4.42. The van der Waals surface area contributed by atoms with E-state index in [0.717, 1.165) is 11.1 Å². The van der Waals surface area contributed by atoms with Gasteiger partial charge in [-0.15, -0.1) is 11.6 Å². The van der Waals surface area contributed by atoms with Gasteiger partial charge in [0.15, 0.2) is 0 Å². The number of rotatable bonds is 5. The molecule has 0 unspecified atom stereocenters. The molecule has 0 atom stereocenters. The smallest absolute Gasteiger partial charge is 0.127 e. The second kappa shape index (κ2) is 6.53. The number of halogens is 2. The summed E-state index contributed by atoms with van der Waals surface area (Å²) in [4.78, 5) is 0. The van der Waals surface area contributed by atoms with Gasteiger partial charge in [-0.2, -0.15) is 0 Å². The zero-order valence-electron chi connectivity index (χ0n) is 10.00. The molecule has 1 nitrogen and oxygen atoms in total. The van der Waals surface area contributed by atoms with Crippen molar-refractivity contribution in [3.63, 3.8) is 0 Å². The van der Waals surface area contributed by atoms with Crippen LogP contribution in [-0.2, 0) is 19.0 Å². The first kappa shape index (κ1) is 13.1. The summed E-state index contributed by atoms with van der Waals surface area (Å²) in [7, 11) is 0. The van der Waals surface area contributed by atoms with Gasteiger partial charge < -0.3 is 5.32 Å². The molecule has 0 heterocycles. The highest BCUT2D eigenvalue weighted by Gasteiger charge is 2.00. The van der Waals surface area contributed by atoms with Crippen LogP contribution in [-0.4, -0.2) is 0 Å². The summed E-state index contributed by atoms with van der Waals surface area (Å²) in [6.07, 6.45) is 0. The standard InChI is InChI=1S/C15H15ClFN/c16-9-12-4-3-5-13(8-12)10-18-11-14-6-1-2-7-15(14)17/h1-8,18H,9-11H2. The minimum absolute atomic E-state index is 0.167. The van der Waals surface area contributed by atoms with E-state index < -0.39 is 0 Å². The topological polar surface area (TPSA) is 12.0 Å². The van der Waals surface area contributed by atoms with Crippen LogP contribution in [0.2, 0.25) is 0 Å². The largest absolute Gasteiger partial charge is 0.309 e. The molecular formula is C15H15ClFN. The van der Waals surface area contributed by atoms with Crippen LogP contribution in [0.15, 0.2) is 48.5 Å². The molecule has 18 heavy (non-hydrogen) atoms. The van der Waals surface area contributed by atoms with Crippen LogP contribution < -0.4 is 5.32 Å². The third-order valence-corrected chi connectivity index (χ3v) is 3.06. The molecule has 2 aromatic rings. The zero-order valence-corrected chi connectivity index (χ0v) is 10.8. The molecule has 94 valence electrons. The Hall–Kier alpha value is -1.38. The lowest BCUT2D eigenvalue weighted by molar-refractivity contribution is 0.588. The van der Waals surface area contributed by atoms with Crippen LogP contribution in [0.4, 0.5) is 4.39 Å². The van der Waals surface area contributed by atoms with E-state index in [9.17, 15) is 4.39 Å². The Morgan fingerprint density at radius 3 is 2.50 bits per heavy atom. The van der Waals surface area contributed by atoms with Gasteiger partial charge in [0.2, 0.25) is 0 Å². The van der Waals surface area contributed by atoms with Crippen molar-refractivity contribution in [3.05, 3.63) is 71.0 Å². The number of hydrogen-bond donors (Lipinski definition) is 1. The summed E-state index contributed by atoms with van der Waals surface area (Å²) in [5.41, 5.74) is 2.94. The van der Waals surface area contributed by atoms with Crippen molar-refractivity contribution in [2.45, 2.75) is 19.0 Å². The monoisotopic (exact) mass is 263 g/mol. The number of nitrogens with one attached hydrogen (secondary N) is 1. The van der Waals surface area contributed by atoms with Crippen LogP contribution in [0.25, 0.3) is 0 Å². The maximum Gasteiger partial charge on any atom is 0.127 e. The zero-order chi connectivity index (χ0) is 12.8. The molecule has 1 N–H and O–H groups in total. The van der Waals surface area contributed by atoms with E-state index >= 15 is 0 Å². The summed E-state index contributed by atoms with van der Waals surface area (Å²) in [5.74, 6) is 0.348. The van der Waals surface area contributed by atoms with Gasteiger partial charge in [-0.05, 0) is 17.2 Å². The summed E-state index contributed by atoms with van der Waals surface area (Å²) in [6, 6.07) is 14.9. The van der Waals surface area contributed by atoms with Crippen molar-refractivity contribution in [2.75, 3.05) is 0 Å². The van der Waals surface area contributed by atoms with Crippen LogP contribution in [0, 0.1) is 5.82 Å². The van der Waals surface area contributed by atoms with E-state index in [-0.39, 0.29) is 5.82 Å². The Bertz CT molecular complexity index is 513. The maximum atomic E-state index is 13.4. The molecule has 0 amide bonds. The number of alkyl halides is 1. The summed E-state index contributed by atoms with van der Waals surface area (Å²) < 4.78 is 13.4. The van der Waals surface area contributed by atoms with Crippen molar-refractivity contribution in [1.29, 1.82) is 0 Å². The van der Waals surface area contributed by atoms with Gasteiger partial charge in [0.25, 0.3) is 0 Å². The molecule has 0 aromatic heterocycles. The Kier molecular flexibility index (Phi) is 4.73. The summed E-state index contributed by atoms with van der Waals surface area (Å²) >= 11 is 5.78. The van der Waals surface area contributed by atoms with E-state index in [1.54, 1.807) is 12.1 Å². The third kappa shape index (κ3) is 3.56. The van der Waals surface area contributed by atoms with Crippen molar-refractivity contribution >= 4 is 11.6 Å². The summed E-state index contributed by atoms with van der Waals surface area (Å²) in [6.45, 7) is 1.23. The van der Waals surface area contributed by atoms with Gasteiger partial charge in [0.1, 0.15) is 5.82 Å². The van der Waals surface area contributed by atoms with Gasteiger partial charge >= 0.3 is 0 Å². The lowest BCUT2D eigenvalue weighted by Crippen LogP contribution is -2.13. The van der Waals surface area contributed by atoms with E-state index in [1.165, 1.54) is 6.07 Å². The first-order valence-electron chi connectivity index (χ1n) is 5.87. The second-order valence-electron chi connectivity index (χ2n) is 4.15. The molecule has 0 bridgehead atoms. The average molecular weight is 264 g/mol. The van der Waals surface area contributed by atoms with E-state index in [4.69, 9.17) is 11.6 Å². The maximum absolute atomic E-state index is 13.4. The van der Waals surface area contributed by atoms with Crippen molar-refractivity contribution < 1.29 is 4.39 Å². The van der Waals surface area contributed by atoms with Gasteiger partial charge in [-0.3, -0.25) is 0 Å². The quantitative estimate of drug-likeness (QED) is 0.808. The molecule has 3 heteroatoms. The minimum Gasteiger partial charge on any atom is -0.309 e. The van der Waals surface area contributed by atoms with Crippen LogP contribution in [0.1, 0.15) is 16.7 Å². The Morgan fingerprint density at radius 2 is 1.72 bits per heavy atom. The van der Waals surface area contributed by atoms with E-state index in [0.29, 0.717) is 24.5 Å². The first-order chi connectivity index (χ1) is 8.79. The molecular weight excluding hydrogens is 249 g/mol. The Balaban J connectivity index is 1.90. The van der Waals surface area contributed by atoms with Gasteiger partial charge in [0.05, 0.1) is 0 Å². The van der Waals surface area contributed by atoms with Crippen molar-refractivity contribution in [1.82, 2.24) is 5.32 Å². The molecule has 0 aliphatic heterocycles. The normalized spacial score (nSPS) is 10.6. The molecule has 0 spiro atoms. The van der Waals surface area contributed by atoms with E-state index in [1.807, 2.05) is 24.3 Å². The molecule has 0 radical (unpaired) electrons.